The van der Waals surface area contributed by atoms with Crippen molar-refractivity contribution >= 4 is 57.6 Å². The zero-order valence-electron chi connectivity index (χ0n) is 17.2. The summed E-state index contributed by atoms with van der Waals surface area (Å²) in [5.41, 5.74) is 3.07. The summed E-state index contributed by atoms with van der Waals surface area (Å²) >= 11 is 13.1. The second-order valence-electron chi connectivity index (χ2n) is 7.16. The molecular formula is C23H18Cl2N4O2S. The number of carbonyl (C=O) groups excluding carboxylic acids is 1. The van der Waals surface area contributed by atoms with Crippen LogP contribution < -0.4 is 10.9 Å². The number of pyridine rings is 1. The van der Waals surface area contributed by atoms with E-state index in [-0.39, 0.29) is 28.1 Å². The van der Waals surface area contributed by atoms with E-state index in [2.05, 4.69) is 15.3 Å². The zero-order valence-corrected chi connectivity index (χ0v) is 19.6. The first-order valence-electron chi connectivity index (χ1n) is 9.66. The van der Waals surface area contributed by atoms with Crippen molar-refractivity contribution in [2.45, 2.75) is 19.0 Å². The molecule has 1 amide bonds. The molecular weight excluding hydrogens is 467 g/mol. The number of nitrogens with one attached hydrogen (secondary N) is 1. The summed E-state index contributed by atoms with van der Waals surface area (Å²) in [4.78, 5) is 34.7. The molecule has 0 atom stereocenters. The second kappa shape index (κ2) is 9.32. The number of fused-ring (bicyclic) bond motifs is 1. The van der Waals surface area contributed by atoms with Crippen LogP contribution in [0.3, 0.4) is 0 Å². The largest absolute Gasteiger partial charge is 0.309 e. The molecule has 4 rings (SSSR count). The molecule has 0 bridgehead atoms. The molecule has 0 fully saturated rings. The Balaban J connectivity index is 1.70. The van der Waals surface area contributed by atoms with Crippen molar-refractivity contribution in [2.75, 3.05) is 11.1 Å². The minimum absolute atomic E-state index is 0.0102. The number of rotatable bonds is 5. The molecule has 2 aromatic carbocycles. The van der Waals surface area contributed by atoms with Crippen molar-refractivity contribution in [2.24, 2.45) is 0 Å². The number of benzene rings is 2. The molecule has 0 spiro atoms. The summed E-state index contributed by atoms with van der Waals surface area (Å²) in [5, 5.41) is 4.22. The molecule has 0 saturated heterocycles. The van der Waals surface area contributed by atoms with Crippen LogP contribution in [0.5, 0.6) is 0 Å². The molecule has 2 heterocycles. The van der Waals surface area contributed by atoms with Gasteiger partial charge in [0.15, 0.2) is 11.0 Å². The number of thioether (sulfide) groups is 1. The minimum atomic E-state index is -0.332. The molecule has 0 aliphatic carbocycles. The normalized spacial score (nSPS) is 11.0. The van der Waals surface area contributed by atoms with E-state index in [4.69, 9.17) is 23.2 Å². The van der Waals surface area contributed by atoms with E-state index < -0.39 is 0 Å². The van der Waals surface area contributed by atoms with Gasteiger partial charge < -0.3 is 5.32 Å². The van der Waals surface area contributed by atoms with Crippen molar-refractivity contribution < 1.29 is 4.79 Å². The average Bonchev–Trinajstić information content (AvgIpc) is 2.76. The number of amides is 1. The number of aryl methyl sites for hydroxylation is 2. The maximum Gasteiger partial charge on any atom is 0.266 e. The van der Waals surface area contributed by atoms with Gasteiger partial charge in [-0.25, -0.2) is 9.97 Å². The number of hydrogen-bond acceptors (Lipinski definition) is 5. The van der Waals surface area contributed by atoms with Gasteiger partial charge in [-0.1, -0.05) is 59.2 Å². The number of para-hydroxylation sites is 1. The topological polar surface area (TPSA) is 76.9 Å². The summed E-state index contributed by atoms with van der Waals surface area (Å²) < 4.78 is 1.57. The lowest BCUT2D eigenvalue weighted by Gasteiger charge is -2.16. The molecule has 0 aliphatic heterocycles. The van der Waals surface area contributed by atoms with Crippen LogP contribution in [0.25, 0.3) is 16.6 Å². The van der Waals surface area contributed by atoms with E-state index in [1.165, 1.54) is 12.3 Å². The van der Waals surface area contributed by atoms with Gasteiger partial charge in [0.25, 0.3) is 5.56 Å². The van der Waals surface area contributed by atoms with Crippen molar-refractivity contribution in [1.82, 2.24) is 14.5 Å². The van der Waals surface area contributed by atoms with Crippen LogP contribution in [-0.4, -0.2) is 26.2 Å². The lowest BCUT2D eigenvalue weighted by atomic mass is 10.1. The van der Waals surface area contributed by atoms with Crippen LogP contribution >= 0.6 is 35.0 Å². The van der Waals surface area contributed by atoms with Gasteiger partial charge in [-0.2, -0.15) is 0 Å². The fourth-order valence-corrected chi connectivity index (χ4v) is 4.42. The molecule has 0 aliphatic rings. The number of anilines is 1. The van der Waals surface area contributed by atoms with Crippen molar-refractivity contribution in [3.05, 3.63) is 86.3 Å². The van der Waals surface area contributed by atoms with Crippen molar-refractivity contribution in [1.29, 1.82) is 0 Å². The molecule has 6 nitrogen and oxygen atoms in total. The summed E-state index contributed by atoms with van der Waals surface area (Å²) in [6.45, 7) is 3.90. The fourth-order valence-electron chi connectivity index (χ4n) is 3.19. The quantitative estimate of drug-likeness (QED) is 0.301. The lowest BCUT2D eigenvalue weighted by Crippen LogP contribution is -2.23. The molecule has 4 aromatic rings. The van der Waals surface area contributed by atoms with Crippen LogP contribution in [0, 0.1) is 13.8 Å². The van der Waals surface area contributed by atoms with E-state index in [0.29, 0.717) is 21.1 Å². The van der Waals surface area contributed by atoms with Gasteiger partial charge in [-0.3, -0.25) is 14.2 Å². The number of nitrogens with zero attached hydrogens (tertiary/aromatic N) is 3. The molecule has 162 valence electrons. The van der Waals surface area contributed by atoms with Gasteiger partial charge in [-0.05, 0) is 49.2 Å². The molecule has 0 saturated carbocycles. The van der Waals surface area contributed by atoms with Gasteiger partial charge in [0.2, 0.25) is 5.91 Å². The fraction of sp³-hybridized carbons (Fsp3) is 0.130. The molecule has 0 unspecified atom stereocenters. The van der Waals surface area contributed by atoms with E-state index in [1.54, 1.807) is 16.7 Å². The Labute approximate surface area is 198 Å². The van der Waals surface area contributed by atoms with Gasteiger partial charge in [0, 0.05) is 6.20 Å². The third-order valence-electron chi connectivity index (χ3n) is 4.75. The van der Waals surface area contributed by atoms with E-state index in [0.717, 1.165) is 28.6 Å². The predicted octanol–water partition coefficient (Wildman–Crippen LogP) is 5.44. The SMILES string of the molecule is Cc1ccc(C)c(-n2c(SCC(=O)Nc3ncc(Cl)cc3Cl)nc3ccccc3c2=O)c1. The smallest absolute Gasteiger partial charge is 0.266 e. The Kier molecular flexibility index (Phi) is 6.50. The highest BCUT2D eigenvalue weighted by Gasteiger charge is 2.17. The second-order valence-corrected chi connectivity index (χ2v) is 8.95. The minimum Gasteiger partial charge on any atom is -0.309 e. The molecule has 32 heavy (non-hydrogen) atoms. The first-order valence-corrected chi connectivity index (χ1v) is 11.4. The van der Waals surface area contributed by atoms with Crippen molar-refractivity contribution in [3.63, 3.8) is 0 Å². The molecule has 0 radical (unpaired) electrons. The highest BCUT2D eigenvalue weighted by atomic mass is 35.5. The average molecular weight is 485 g/mol. The van der Waals surface area contributed by atoms with Gasteiger partial charge in [0.1, 0.15) is 0 Å². The summed E-state index contributed by atoms with van der Waals surface area (Å²) in [5.74, 6) is -0.0993. The van der Waals surface area contributed by atoms with E-state index in [9.17, 15) is 9.59 Å². The molecule has 2 aromatic heterocycles. The van der Waals surface area contributed by atoms with Crippen LogP contribution in [0.1, 0.15) is 11.1 Å². The monoisotopic (exact) mass is 484 g/mol. The number of aromatic nitrogens is 3. The highest BCUT2D eigenvalue weighted by Crippen LogP contribution is 2.25. The van der Waals surface area contributed by atoms with Crippen LogP contribution in [0.4, 0.5) is 5.82 Å². The first kappa shape index (κ1) is 22.3. The maximum absolute atomic E-state index is 13.4. The highest BCUT2D eigenvalue weighted by molar-refractivity contribution is 7.99. The van der Waals surface area contributed by atoms with Crippen LogP contribution in [-0.2, 0) is 4.79 Å². The number of hydrogen-bond donors (Lipinski definition) is 1. The van der Waals surface area contributed by atoms with Crippen LogP contribution in [0.2, 0.25) is 10.0 Å². The third-order valence-corrected chi connectivity index (χ3v) is 6.18. The van der Waals surface area contributed by atoms with E-state index in [1.807, 2.05) is 44.2 Å². The van der Waals surface area contributed by atoms with Crippen LogP contribution in [0.15, 0.2) is 64.7 Å². The molecule has 1 N–H and O–H groups in total. The van der Waals surface area contributed by atoms with Gasteiger partial charge >= 0.3 is 0 Å². The predicted molar refractivity (Wildman–Crippen MR) is 130 cm³/mol. The van der Waals surface area contributed by atoms with Gasteiger partial charge in [0.05, 0.1) is 32.4 Å². The first-order chi connectivity index (χ1) is 15.3. The Bertz CT molecular complexity index is 1400. The summed E-state index contributed by atoms with van der Waals surface area (Å²) in [6.07, 6.45) is 1.40. The molecule has 9 heteroatoms. The Morgan fingerprint density at radius 2 is 1.91 bits per heavy atom. The third kappa shape index (κ3) is 4.65. The number of carbonyl (C=O) groups is 1. The summed E-state index contributed by atoms with van der Waals surface area (Å²) in [6, 6.07) is 14.6. The standard InChI is InChI=1S/C23H18Cl2N4O2S/c1-13-7-8-14(2)19(9-13)29-22(31)16-5-3-4-6-18(16)27-23(29)32-12-20(30)28-21-17(25)10-15(24)11-26-21/h3-11H,12H2,1-2H3,(H,26,28,30). The van der Waals surface area contributed by atoms with Gasteiger partial charge in [-0.15, -0.1) is 0 Å². The van der Waals surface area contributed by atoms with Crippen molar-refractivity contribution in [3.8, 4) is 5.69 Å². The zero-order chi connectivity index (χ0) is 22.8. The Morgan fingerprint density at radius 1 is 1.12 bits per heavy atom. The number of halogens is 2. The van der Waals surface area contributed by atoms with E-state index >= 15 is 0 Å². The maximum atomic E-state index is 13.4. The lowest BCUT2D eigenvalue weighted by molar-refractivity contribution is -0.113. The Morgan fingerprint density at radius 3 is 2.69 bits per heavy atom. The summed E-state index contributed by atoms with van der Waals surface area (Å²) in [7, 11) is 0. The Hall–Kier alpha value is -2.87.